The number of nitrogen functional groups attached to an aromatic ring is 1. The molecular weight excluding hydrogens is 329 g/mol. The standard InChI is InChI=1S/C9H7Cl2N5O3S/c10-4-1-6(16(17)18)7(2-5(4)11)19-3-8-14-15-9(13-12)20-8/h1-2H,3,12H2,(H,13,15). The number of benzene rings is 1. The van der Waals surface area contributed by atoms with Crippen molar-refractivity contribution in [2.24, 2.45) is 5.84 Å². The first kappa shape index (κ1) is 14.7. The lowest BCUT2D eigenvalue weighted by Crippen LogP contribution is -2.05. The van der Waals surface area contributed by atoms with E-state index in [1.165, 1.54) is 6.07 Å². The Morgan fingerprint density at radius 2 is 2.10 bits per heavy atom. The van der Waals surface area contributed by atoms with Gasteiger partial charge in [-0.15, -0.1) is 10.2 Å². The number of hydrogen-bond acceptors (Lipinski definition) is 8. The van der Waals surface area contributed by atoms with Gasteiger partial charge in [0.15, 0.2) is 10.8 Å². The van der Waals surface area contributed by atoms with Crippen LogP contribution in [0, 0.1) is 10.1 Å². The van der Waals surface area contributed by atoms with Crippen LogP contribution in [0.4, 0.5) is 10.8 Å². The van der Waals surface area contributed by atoms with Crippen LogP contribution in [0.2, 0.25) is 10.0 Å². The minimum Gasteiger partial charge on any atom is -0.479 e. The second-order valence-electron chi connectivity index (χ2n) is 3.43. The average Bonchev–Trinajstić information content (AvgIpc) is 2.87. The molecule has 2 aromatic rings. The van der Waals surface area contributed by atoms with Gasteiger partial charge in [-0.3, -0.25) is 15.5 Å². The van der Waals surface area contributed by atoms with Crippen molar-refractivity contribution in [3.05, 3.63) is 37.3 Å². The van der Waals surface area contributed by atoms with Gasteiger partial charge in [-0.2, -0.15) is 0 Å². The molecule has 0 bridgehead atoms. The van der Waals surface area contributed by atoms with E-state index in [1.807, 2.05) is 0 Å². The van der Waals surface area contributed by atoms with Gasteiger partial charge in [0.1, 0.15) is 6.61 Å². The summed E-state index contributed by atoms with van der Waals surface area (Å²) in [6, 6.07) is 2.41. The van der Waals surface area contributed by atoms with Crippen LogP contribution in [-0.2, 0) is 6.61 Å². The van der Waals surface area contributed by atoms with Crippen LogP contribution < -0.4 is 16.0 Å². The van der Waals surface area contributed by atoms with Crippen molar-refractivity contribution in [2.75, 3.05) is 5.43 Å². The first-order valence-corrected chi connectivity index (χ1v) is 6.63. The summed E-state index contributed by atoms with van der Waals surface area (Å²) >= 11 is 12.7. The first-order chi connectivity index (χ1) is 9.51. The topological polar surface area (TPSA) is 116 Å². The number of nitrogens with zero attached hydrogens (tertiary/aromatic N) is 3. The fourth-order valence-corrected chi connectivity index (χ4v) is 2.16. The van der Waals surface area contributed by atoms with Gasteiger partial charge in [-0.25, -0.2) is 5.84 Å². The molecule has 0 fully saturated rings. The third kappa shape index (κ3) is 3.25. The highest BCUT2D eigenvalue weighted by Gasteiger charge is 2.19. The van der Waals surface area contributed by atoms with Crippen LogP contribution in [0.5, 0.6) is 5.75 Å². The predicted octanol–water partition coefficient (Wildman–Crippen LogP) is 2.62. The molecule has 0 saturated heterocycles. The van der Waals surface area contributed by atoms with Crippen LogP contribution in [0.3, 0.4) is 0 Å². The molecule has 3 N–H and O–H groups in total. The zero-order valence-corrected chi connectivity index (χ0v) is 12.0. The Balaban J connectivity index is 2.20. The molecule has 11 heteroatoms. The van der Waals surface area contributed by atoms with Crippen LogP contribution in [0.15, 0.2) is 12.1 Å². The van der Waals surface area contributed by atoms with Gasteiger partial charge in [-0.05, 0) is 0 Å². The summed E-state index contributed by atoms with van der Waals surface area (Å²) in [5, 5.41) is 19.6. The van der Waals surface area contributed by atoms with Crippen molar-refractivity contribution >= 4 is 45.4 Å². The number of nitro benzene ring substituents is 1. The van der Waals surface area contributed by atoms with Crippen molar-refractivity contribution in [1.29, 1.82) is 0 Å². The molecule has 0 amide bonds. The summed E-state index contributed by atoms with van der Waals surface area (Å²) in [5.41, 5.74) is 2.06. The van der Waals surface area contributed by atoms with Crippen LogP contribution in [0.1, 0.15) is 5.01 Å². The number of nitro groups is 1. The molecule has 0 aliphatic carbocycles. The number of ether oxygens (including phenoxy) is 1. The molecule has 1 heterocycles. The van der Waals surface area contributed by atoms with Gasteiger partial charge in [-0.1, -0.05) is 34.5 Å². The lowest BCUT2D eigenvalue weighted by atomic mass is 10.3. The second-order valence-corrected chi connectivity index (χ2v) is 5.30. The average molecular weight is 336 g/mol. The molecule has 1 aromatic heterocycles. The highest BCUT2D eigenvalue weighted by molar-refractivity contribution is 7.15. The number of halogens is 2. The van der Waals surface area contributed by atoms with Gasteiger partial charge in [0, 0.05) is 12.1 Å². The largest absolute Gasteiger partial charge is 0.479 e. The Hall–Kier alpha value is -1.68. The fourth-order valence-electron chi connectivity index (χ4n) is 1.29. The summed E-state index contributed by atoms with van der Waals surface area (Å²) in [6.45, 7) is -0.00184. The normalized spacial score (nSPS) is 10.3. The number of aromatic nitrogens is 2. The minimum absolute atomic E-state index is 0.00172. The monoisotopic (exact) mass is 335 g/mol. The lowest BCUT2D eigenvalue weighted by molar-refractivity contribution is -0.385. The molecule has 0 spiro atoms. The summed E-state index contributed by atoms with van der Waals surface area (Å²) < 4.78 is 5.33. The minimum atomic E-state index is -0.607. The molecule has 0 saturated carbocycles. The second kappa shape index (κ2) is 6.18. The van der Waals surface area contributed by atoms with Crippen LogP contribution in [0.25, 0.3) is 0 Å². The first-order valence-electron chi connectivity index (χ1n) is 5.06. The molecule has 0 aliphatic rings. The number of hydrogen-bond donors (Lipinski definition) is 2. The van der Waals surface area contributed by atoms with Gasteiger partial charge >= 0.3 is 5.69 Å². The fraction of sp³-hybridized carbons (Fsp3) is 0.111. The molecule has 0 atom stereocenters. The van der Waals surface area contributed by atoms with E-state index in [4.69, 9.17) is 33.8 Å². The Morgan fingerprint density at radius 1 is 1.40 bits per heavy atom. The molecular formula is C9H7Cl2N5O3S. The zero-order chi connectivity index (χ0) is 14.7. The van der Waals surface area contributed by atoms with E-state index in [9.17, 15) is 10.1 Å². The van der Waals surface area contributed by atoms with E-state index in [1.54, 1.807) is 0 Å². The van der Waals surface area contributed by atoms with Crippen LogP contribution in [-0.4, -0.2) is 15.1 Å². The van der Waals surface area contributed by atoms with E-state index >= 15 is 0 Å². The van der Waals surface area contributed by atoms with E-state index < -0.39 is 4.92 Å². The van der Waals surface area contributed by atoms with Gasteiger partial charge in [0.2, 0.25) is 5.13 Å². The van der Waals surface area contributed by atoms with Gasteiger partial charge < -0.3 is 4.74 Å². The maximum atomic E-state index is 10.9. The third-order valence-electron chi connectivity index (χ3n) is 2.14. The van der Waals surface area contributed by atoms with Gasteiger partial charge in [0.05, 0.1) is 15.0 Å². The number of nitrogens with two attached hydrogens (primary N) is 1. The molecule has 20 heavy (non-hydrogen) atoms. The number of anilines is 1. The van der Waals surface area contributed by atoms with E-state index in [-0.39, 0.29) is 28.1 Å². The van der Waals surface area contributed by atoms with Crippen molar-refractivity contribution in [3.8, 4) is 5.75 Å². The number of rotatable bonds is 5. The summed E-state index contributed by atoms with van der Waals surface area (Å²) in [6.07, 6.45) is 0. The number of nitrogens with one attached hydrogen (secondary N) is 1. The van der Waals surface area contributed by atoms with E-state index in [0.717, 1.165) is 17.4 Å². The molecule has 1 aromatic carbocycles. The summed E-state index contributed by atoms with van der Waals surface area (Å²) in [7, 11) is 0. The molecule has 0 radical (unpaired) electrons. The zero-order valence-electron chi connectivity index (χ0n) is 9.67. The maximum Gasteiger partial charge on any atom is 0.312 e. The summed E-state index contributed by atoms with van der Waals surface area (Å²) in [5.74, 6) is 5.17. The molecule has 106 valence electrons. The molecule has 0 aliphatic heterocycles. The predicted molar refractivity (Wildman–Crippen MR) is 75.2 cm³/mol. The third-order valence-corrected chi connectivity index (χ3v) is 3.69. The van der Waals surface area contributed by atoms with Crippen LogP contribution >= 0.6 is 34.5 Å². The van der Waals surface area contributed by atoms with Crippen molar-refractivity contribution in [2.45, 2.75) is 6.61 Å². The van der Waals surface area contributed by atoms with Gasteiger partial charge in [0.25, 0.3) is 0 Å². The van der Waals surface area contributed by atoms with Crippen molar-refractivity contribution < 1.29 is 9.66 Å². The lowest BCUT2D eigenvalue weighted by Gasteiger charge is -2.06. The highest BCUT2D eigenvalue weighted by Crippen LogP contribution is 2.36. The van der Waals surface area contributed by atoms with E-state index in [0.29, 0.717) is 10.1 Å². The van der Waals surface area contributed by atoms with E-state index in [2.05, 4.69) is 15.6 Å². The van der Waals surface area contributed by atoms with Crippen molar-refractivity contribution in [1.82, 2.24) is 10.2 Å². The molecule has 2 rings (SSSR count). The van der Waals surface area contributed by atoms with Crippen molar-refractivity contribution in [3.63, 3.8) is 0 Å². The highest BCUT2D eigenvalue weighted by atomic mass is 35.5. The quantitative estimate of drug-likeness (QED) is 0.490. The smallest absolute Gasteiger partial charge is 0.312 e. The Labute approximate surface area is 126 Å². The molecule has 8 nitrogen and oxygen atoms in total. The summed E-state index contributed by atoms with van der Waals surface area (Å²) in [4.78, 5) is 10.3. The maximum absolute atomic E-state index is 10.9. The SMILES string of the molecule is NNc1nnc(COc2cc(Cl)c(Cl)cc2[N+](=O)[O-])s1. The number of hydrazine groups is 1. The Morgan fingerprint density at radius 3 is 2.70 bits per heavy atom. The Bertz CT molecular complexity index is 651. The Kier molecular flexibility index (Phi) is 4.55. The molecule has 0 unspecified atom stereocenters.